The second-order valence-electron chi connectivity index (χ2n) is 8.63. The zero-order valence-corrected chi connectivity index (χ0v) is 22.4. The average Bonchev–Trinajstić information content (AvgIpc) is 2.80. The van der Waals surface area contributed by atoms with Crippen LogP contribution in [-0.4, -0.2) is 44.7 Å². The van der Waals surface area contributed by atoms with Gasteiger partial charge in [0.05, 0.1) is 12.8 Å². The molecule has 0 saturated heterocycles. The Balaban J connectivity index is -0.00000118. The minimum absolute atomic E-state index is 0.334. The molecule has 0 heterocycles. The van der Waals surface area contributed by atoms with E-state index < -0.39 is 24.2 Å². The van der Waals surface area contributed by atoms with Crippen molar-refractivity contribution >= 4 is 24.2 Å². The van der Waals surface area contributed by atoms with Crippen molar-refractivity contribution in [2.75, 3.05) is 0 Å². The van der Waals surface area contributed by atoms with Gasteiger partial charge in [-0.1, -0.05) is 117 Å². The van der Waals surface area contributed by atoms with Gasteiger partial charge in [-0.2, -0.15) is 0 Å². The second kappa shape index (κ2) is 32.5. The van der Waals surface area contributed by atoms with Crippen LogP contribution in [0.4, 0.5) is 9.59 Å². The van der Waals surface area contributed by atoms with E-state index in [0.29, 0.717) is 12.8 Å². The van der Waals surface area contributed by atoms with Crippen LogP contribution in [0.1, 0.15) is 142 Å². The normalized spacial score (nSPS) is 9.72. The number of carboxylic acid groups (broad SMARTS) is 4. The van der Waals surface area contributed by atoms with Crippen LogP contribution >= 0.6 is 0 Å². The molecule has 0 aliphatic carbocycles. The molecule has 10 heteroatoms. The minimum Gasteiger partial charge on any atom is -0.450 e. The molecule has 36 heavy (non-hydrogen) atoms. The Bertz CT molecular complexity index is 469. The van der Waals surface area contributed by atoms with Crippen molar-refractivity contribution in [2.45, 2.75) is 142 Å². The molecular formula is C26H50O10. The quantitative estimate of drug-likeness (QED) is 0.0693. The number of rotatable bonds is 20. The van der Waals surface area contributed by atoms with Gasteiger partial charge in [0, 0.05) is 0 Å². The maximum atomic E-state index is 11.6. The third kappa shape index (κ3) is 48.8. The minimum atomic E-state index is -1.83. The highest BCUT2D eigenvalue weighted by Gasteiger charge is 2.09. The molecule has 0 aliphatic heterocycles. The van der Waals surface area contributed by atoms with E-state index >= 15 is 0 Å². The third-order valence-electron chi connectivity index (χ3n) is 5.20. The Hall–Kier alpha value is -2.52. The fraction of sp³-hybridized carbons (Fsp3) is 0.846. The summed E-state index contributed by atoms with van der Waals surface area (Å²) in [6.07, 6.45) is 18.7. The topological polar surface area (TPSA) is 168 Å². The number of carbonyl (C=O) groups is 4. The van der Waals surface area contributed by atoms with Crippen LogP contribution in [-0.2, 0) is 19.4 Å². The van der Waals surface area contributed by atoms with Gasteiger partial charge in [0.15, 0.2) is 0 Å². The van der Waals surface area contributed by atoms with Gasteiger partial charge in [-0.3, -0.25) is 0 Å². The smallest absolute Gasteiger partial charge is 0.450 e. The number of carbonyl (C=O) groups excluding carboxylic acids is 2. The molecule has 0 aromatic rings. The van der Waals surface area contributed by atoms with Gasteiger partial charge in [-0.25, -0.2) is 29.0 Å². The van der Waals surface area contributed by atoms with Crippen LogP contribution in [0.25, 0.3) is 0 Å². The molecular weight excluding hydrogens is 472 g/mol. The van der Waals surface area contributed by atoms with Crippen LogP contribution in [0, 0.1) is 0 Å². The van der Waals surface area contributed by atoms with Crippen molar-refractivity contribution in [3.63, 3.8) is 0 Å². The Morgan fingerprint density at radius 2 is 0.611 bits per heavy atom. The second-order valence-corrected chi connectivity index (χ2v) is 8.63. The number of hydrogen-bond acceptors (Lipinski definition) is 6. The van der Waals surface area contributed by atoms with Crippen LogP contribution in [0.3, 0.4) is 0 Å². The van der Waals surface area contributed by atoms with Gasteiger partial charge in [0.1, 0.15) is 0 Å². The average molecular weight is 523 g/mol. The summed E-state index contributed by atoms with van der Waals surface area (Å²) in [4.78, 5) is 49.5. The van der Waals surface area contributed by atoms with E-state index in [-0.39, 0.29) is 0 Å². The molecule has 0 atom stereocenters. The maximum Gasteiger partial charge on any atom is 0.503 e. The predicted octanol–water partition coefficient (Wildman–Crippen LogP) is 8.27. The molecule has 0 unspecified atom stereocenters. The molecule has 0 rings (SSSR count). The lowest BCUT2D eigenvalue weighted by Gasteiger charge is -2.04. The fourth-order valence-electron chi connectivity index (χ4n) is 3.34. The third-order valence-corrected chi connectivity index (χ3v) is 5.20. The summed E-state index contributed by atoms with van der Waals surface area (Å²) < 4.78 is 0. The summed E-state index contributed by atoms with van der Waals surface area (Å²) in [5.41, 5.74) is 0. The van der Waals surface area contributed by atoms with Gasteiger partial charge >= 0.3 is 24.2 Å². The van der Waals surface area contributed by atoms with E-state index in [1.54, 1.807) is 0 Å². The lowest BCUT2D eigenvalue weighted by molar-refractivity contribution is -0.259. The Kier molecular flexibility index (Phi) is 34.3. The molecule has 0 aromatic carbocycles. The van der Waals surface area contributed by atoms with Crippen LogP contribution < -0.4 is 0 Å². The van der Waals surface area contributed by atoms with Gasteiger partial charge < -0.3 is 20.4 Å². The van der Waals surface area contributed by atoms with Crippen molar-refractivity contribution < 1.29 is 49.4 Å². The molecule has 0 saturated carbocycles. The molecule has 0 aromatic heterocycles. The zero-order chi connectivity index (χ0) is 27.9. The Labute approximate surface area is 216 Å². The monoisotopic (exact) mass is 522 g/mol. The standard InChI is InChI=1S/C24H46O4.2CH2O3/c1-3-5-7-9-11-13-15-17-19-21-23(25)27-28-24(26)22-20-18-16-14-12-10-8-6-4-2;2*2-1(3)4/h3-22H2,1-2H3;2*(H2,2,3,4). The van der Waals surface area contributed by atoms with Crippen molar-refractivity contribution in [1.82, 2.24) is 0 Å². The van der Waals surface area contributed by atoms with Crippen molar-refractivity contribution in [3.05, 3.63) is 0 Å². The molecule has 4 N–H and O–H groups in total. The lowest BCUT2D eigenvalue weighted by Crippen LogP contribution is -2.11. The van der Waals surface area contributed by atoms with Gasteiger partial charge in [-0.05, 0) is 12.8 Å². The first-order chi connectivity index (χ1) is 17.2. The molecule has 0 spiro atoms. The first-order valence-electron chi connectivity index (χ1n) is 13.4. The van der Waals surface area contributed by atoms with Crippen LogP contribution in [0.5, 0.6) is 0 Å². The number of hydrogen-bond donors (Lipinski definition) is 4. The molecule has 0 amide bonds. The van der Waals surface area contributed by atoms with Gasteiger partial charge in [-0.15, -0.1) is 0 Å². The van der Waals surface area contributed by atoms with E-state index in [9.17, 15) is 9.59 Å². The van der Waals surface area contributed by atoms with Gasteiger partial charge in [0.2, 0.25) is 0 Å². The van der Waals surface area contributed by atoms with Crippen molar-refractivity contribution in [3.8, 4) is 0 Å². The summed E-state index contributed by atoms with van der Waals surface area (Å²) in [6, 6.07) is 0. The Morgan fingerprint density at radius 1 is 0.417 bits per heavy atom. The zero-order valence-electron chi connectivity index (χ0n) is 22.4. The van der Waals surface area contributed by atoms with Crippen LogP contribution in [0.2, 0.25) is 0 Å². The summed E-state index contributed by atoms with van der Waals surface area (Å²) in [7, 11) is 0. The summed E-state index contributed by atoms with van der Waals surface area (Å²) in [5.74, 6) is -0.855. The predicted molar refractivity (Wildman–Crippen MR) is 137 cm³/mol. The number of unbranched alkanes of at least 4 members (excludes halogenated alkanes) is 16. The first-order valence-corrected chi connectivity index (χ1v) is 13.4. The van der Waals surface area contributed by atoms with Crippen molar-refractivity contribution in [2.24, 2.45) is 0 Å². The summed E-state index contributed by atoms with van der Waals surface area (Å²) in [6.45, 7) is 4.46. The molecule has 214 valence electrons. The maximum absolute atomic E-state index is 11.6. The lowest BCUT2D eigenvalue weighted by atomic mass is 10.1. The highest BCUT2D eigenvalue weighted by molar-refractivity contribution is 5.72. The van der Waals surface area contributed by atoms with E-state index in [2.05, 4.69) is 23.6 Å². The van der Waals surface area contributed by atoms with E-state index in [4.69, 9.17) is 30.0 Å². The highest BCUT2D eigenvalue weighted by atomic mass is 17.2. The van der Waals surface area contributed by atoms with E-state index in [0.717, 1.165) is 38.5 Å². The molecule has 0 bridgehead atoms. The first kappa shape index (κ1) is 38.0. The van der Waals surface area contributed by atoms with Gasteiger partial charge in [0.25, 0.3) is 0 Å². The van der Waals surface area contributed by atoms with Crippen molar-refractivity contribution in [1.29, 1.82) is 0 Å². The molecule has 0 aliphatic rings. The molecule has 0 fully saturated rings. The Morgan fingerprint density at radius 3 is 0.833 bits per heavy atom. The SMILES string of the molecule is CCCCCCCCCCCC(=O)OOC(=O)CCCCCCCCCCC.O=C(O)O.O=C(O)O. The highest BCUT2D eigenvalue weighted by Crippen LogP contribution is 2.12. The molecule has 0 radical (unpaired) electrons. The van der Waals surface area contributed by atoms with E-state index in [1.807, 2.05) is 0 Å². The molecule has 10 nitrogen and oxygen atoms in total. The summed E-state index contributed by atoms with van der Waals surface area (Å²) >= 11 is 0. The largest absolute Gasteiger partial charge is 0.503 e. The van der Waals surface area contributed by atoms with E-state index in [1.165, 1.54) is 77.0 Å². The summed E-state index contributed by atoms with van der Waals surface area (Å²) in [5, 5.41) is 27.9. The fourth-order valence-corrected chi connectivity index (χ4v) is 3.34. The van der Waals surface area contributed by atoms with Crippen LogP contribution in [0.15, 0.2) is 0 Å².